The maximum Gasteiger partial charge on any atom is 0.108 e. The zero-order chi connectivity index (χ0) is 15.3. The third-order valence-electron chi connectivity index (χ3n) is 3.06. The van der Waals surface area contributed by atoms with Crippen LogP contribution in [-0.4, -0.2) is 24.4 Å². The predicted octanol–water partition coefficient (Wildman–Crippen LogP) is 4.20. The van der Waals surface area contributed by atoms with Crippen LogP contribution in [0, 0.1) is 17.8 Å². The monoisotopic (exact) mass is 266 g/mol. The van der Waals surface area contributed by atoms with Crippen LogP contribution in [0.5, 0.6) is 0 Å². The van der Waals surface area contributed by atoms with Crippen LogP contribution < -0.4 is 0 Å². The Morgan fingerprint density at radius 2 is 1.53 bits per heavy atom. The first kappa shape index (κ1) is 18.2. The molecule has 0 fully saturated rings. The van der Waals surface area contributed by atoms with Gasteiger partial charge >= 0.3 is 0 Å². The van der Waals surface area contributed by atoms with Gasteiger partial charge in [0.2, 0.25) is 0 Å². The molecular formula is C17H30O2. The van der Waals surface area contributed by atoms with Crippen molar-refractivity contribution in [1.29, 1.82) is 0 Å². The summed E-state index contributed by atoms with van der Waals surface area (Å²) in [6.45, 7) is 19.6. The van der Waals surface area contributed by atoms with Crippen LogP contribution in [-0.2, 0) is 9.47 Å². The lowest BCUT2D eigenvalue weighted by Gasteiger charge is -2.34. The van der Waals surface area contributed by atoms with Crippen LogP contribution in [0.1, 0.15) is 54.9 Å². The highest BCUT2D eigenvalue weighted by atomic mass is 16.6. The smallest absolute Gasteiger partial charge is 0.108 e. The molecule has 110 valence electrons. The number of ether oxygens (including phenoxy) is 2. The van der Waals surface area contributed by atoms with Gasteiger partial charge in [-0.05, 0) is 39.5 Å². The summed E-state index contributed by atoms with van der Waals surface area (Å²) in [5, 5.41) is 0. The van der Waals surface area contributed by atoms with Crippen molar-refractivity contribution in [2.45, 2.75) is 66.1 Å². The van der Waals surface area contributed by atoms with E-state index in [1.54, 1.807) is 0 Å². The summed E-state index contributed by atoms with van der Waals surface area (Å²) in [6, 6.07) is 0. The van der Waals surface area contributed by atoms with E-state index in [-0.39, 0.29) is 16.6 Å². The molecule has 19 heavy (non-hydrogen) atoms. The van der Waals surface area contributed by atoms with Crippen molar-refractivity contribution in [3.05, 3.63) is 12.2 Å². The molecule has 0 aromatic heterocycles. The number of terminal acetylenes is 1. The Morgan fingerprint density at radius 3 is 1.95 bits per heavy atom. The molecule has 0 atom stereocenters. The molecule has 0 amide bonds. The SMILES string of the molecule is C#CCOC(C)(C)COC(C)(C)CC(=C)C(C)(C)C. The van der Waals surface area contributed by atoms with Gasteiger partial charge in [-0.2, -0.15) is 0 Å². The highest BCUT2D eigenvalue weighted by Gasteiger charge is 2.28. The summed E-state index contributed by atoms with van der Waals surface area (Å²) >= 11 is 0. The quantitative estimate of drug-likeness (QED) is 0.508. The molecular weight excluding hydrogens is 236 g/mol. The zero-order valence-electron chi connectivity index (χ0n) is 13.7. The van der Waals surface area contributed by atoms with Crippen LogP contribution in [0.25, 0.3) is 0 Å². The van der Waals surface area contributed by atoms with E-state index in [4.69, 9.17) is 15.9 Å². The highest BCUT2D eigenvalue weighted by Crippen LogP contribution is 2.32. The van der Waals surface area contributed by atoms with Crippen LogP contribution in [0.2, 0.25) is 0 Å². The van der Waals surface area contributed by atoms with Crippen molar-refractivity contribution in [2.75, 3.05) is 13.2 Å². The fraction of sp³-hybridized carbons (Fsp3) is 0.765. The van der Waals surface area contributed by atoms with E-state index < -0.39 is 0 Å². The van der Waals surface area contributed by atoms with Crippen LogP contribution in [0.4, 0.5) is 0 Å². The summed E-state index contributed by atoms with van der Waals surface area (Å²) < 4.78 is 11.6. The standard InChI is InChI=1S/C17H30O2/c1-10-11-18-17(8,9)13-19-16(6,7)12-14(2)15(3,4)5/h1H,2,11-13H2,3-9H3. The minimum atomic E-state index is -0.368. The molecule has 0 N–H and O–H groups in total. The summed E-state index contributed by atoms with van der Waals surface area (Å²) in [7, 11) is 0. The van der Waals surface area contributed by atoms with Crippen LogP contribution in [0.3, 0.4) is 0 Å². The first-order chi connectivity index (χ1) is 8.40. The molecule has 0 aliphatic heterocycles. The van der Waals surface area contributed by atoms with Gasteiger partial charge < -0.3 is 9.47 Å². The molecule has 0 rings (SSSR count). The maximum atomic E-state index is 6.00. The third kappa shape index (κ3) is 8.08. The van der Waals surface area contributed by atoms with Crippen LogP contribution in [0.15, 0.2) is 12.2 Å². The first-order valence-corrected chi connectivity index (χ1v) is 6.79. The molecule has 0 aliphatic rings. The second-order valence-electron chi connectivity index (χ2n) is 7.33. The average Bonchev–Trinajstić information content (AvgIpc) is 2.22. The molecule has 2 nitrogen and oxygen atoms in total. The van der Waals surface area contributed by atoms with Gasteiger partial charge in [0.25, 0.3) is 0 Å². The molecule has 0 spiro atoms. The molecule has 0 unspecified atom stereocenters. The van der Waals surface area contributed by atoms with Gasteiger partial charge in [-0.15, -0.1) is 6.42 Å². The Morgan fingerprint density at radius 1 is 1.00 bits per heavy atom. The lowest BCUT2D eigenvalue weighted by molar-refractivity contribution is -0.113. The van der Waals surface area contributed by atoms with Gasteiger partial charge in [0, 0.05) is 0 Å². The van der Waals surface area contributed by atoms with E-state index in [0.29, 0.717) is 13.2 Å². The van der Waals surface area contributed by atoms with Crippen molar-refractivity contribution >= 4 is 0 Å². The lowest BCUT2D eigenvalue weighted by Crippen LogP contribution is -2.37. The van der Waals surface area contributed by atoms with E-state index in [1.165, 1.54) is 5.57 Å². The van der Waals surface area contributed by atoms with E-state index >= 15 is 0 Å². The number of hydrogen-bond acceptors (Lipinski definition) is 2. The molecule has 0 saturated carbocycles. The second kappa shape index (κ2) is 6.59. The molecule has 2 heteroatoms. The Hall–Kier alpha value is -0.780. The van der Waals surface area contributed by atoms with Gasteiger partial charge in [0.05, 0.1) is 17.8 Å². The average molecular weight is 266 g/mol. The van der Waals surface area contributed by atoms with Crippen molar-refractivity contribution in [3.8, 4) is 12.3 Å². The summed E-state index contributed by atoms with van der Waals surface area (Å²) in [5.41, 5.74) is 0.684. The second-order valence-corrected chi connectivity index (χ2v) is 7.33. The third-order valence-corrected chi connectivity index (χ3v) is 3.06. The molecule has 0 aliphatic carbocycles. The minimum Gasteiger partial charge on any atom is -0.372 e. The molecule has 0 aromatic rings. The maximum absolute atomic E-state index is 6.00. The Balaban J connectivity index is 4.39. The van der Waals surface area contributed by atoms with E-state index in [9.17, 15) is 0 Å². The summed E-state index contributed by atoms with van der Waals surface area (Å²) in [6.07, 6.45) is 6.04. The van der Waals surface area contributed by atoms with Crippen molar-refractivity contribution in [2.24, 2.45) is 5.41 Å². The zero-order valence-corrected chi connectivity index (χ0v) is 13.7. The van der Waals surface area contributed by atoms with E-state index in [1.807, 2.05) is 13.8 Å². The van der Waals surface area contributed by atoms with E-state index in [0.717, 1.165) is 6.42 Å². The Kier molecular flexibility index (Phi) is 6.32. The predicted molar refractivity (Wildman–Crippen MR) is 82.1 cm³/mol. The normalized spacial score (nSPS) is 13.2. The number of rotatable bonds is 7. The Labute approximate surface area is 119 Å². The van der Waals surface area contributed by atoms with Gasteiger partial charge in [0.1, 0.15) is 6.61 Å². The summed E-state index contributed by atoms with van der Waals surface area (Å²) in [5.74, 6) is 2.48. The largest absolute Gasteiger partial charge is 0.372 e. The van der Waals surface area contributed by atoms with Crippen molar-refractivity contribution < 1.29 is 9.47 Å². The van der Waals surface area contributed by atoms with Gasteiger partial charge in [0.15, 0.2) is 0 Å². The van der Waals surface area contributed by atoms with Gasteiger partial charge in [-0.3, -0.25) is 0 Å². The Bertz CT molecular complexity index is 337. The highest BCUT2D eigenvalue weighted by molar-refractivity contribution is 5.08. The van der Waals surface area contributed by atoms with Crippen molar-refractivity contribution in [1.82, 2.24) is 0 Å². The lowest BCUT2D eigenvalue weighted by atomic mass is 9.81. The van der Waals surface area contributed by atoms with Crippen molar-refractivity contribution in [3.63, 3.8) is 0 Å². The van der Waals surface area contributed by atoms with E-state index in [2.05, 4.69) is 47.1 Å². The van der Waals surface area contributed by atoms with Gasteiger partial charge in [-0.1, -0.05) is 38.8 Å². The van der Waals surface area contributed by atoms with Gasteiger partial charge in [-0.25, -0.2) is 0 Å². The fourth-order valence-corrected chi connectivity index (χ4v) is 1.48. The summed E-state index contributed by atoms with van der Waals surface area (Å²) in [4.78, 5) is 0. The molecule has 0 heterocycles. The van der Waals surface area contributed by atoms with Crippen LogP contribution >= 0.6 is 0 Å². The molecule has 0 saturated heterocycles. The molecule has 0 radical (unpaired) electrons. The number of hydrogen-bond donors (Lipinski definition) is 0. The fourth-order valence-electron chi connectivity index (χ4n) is 1.48. The molecule has 0 aromatic carbocycles. The molecule has 0 bridgehead atoms. The topological polar surface area (TPSA) is 18.5 Å². The minimum absolute atomic E-state index is 0.107. The first-order valence-electron chi connectivity index (χ1n) is 6.79.